The first-order valence-electron chi connectivity index (χ1n) is 4.66. The van der Waals surface area contributed by atoms with Gasteiger partial charge >= 0.3 is 0 Å². The normalized spacial score (nSPS) is 29.1. The van der Waals surface area contributed by atoms with E-state index in [1.165, 1.54) is 11.1 Å². The van der Waals surface area contributed by atoms with Crippen LogP contribution in [0.25, 0.3) is 6.08 Å². The van der Waals surface area contributed by atoms with Gasteiger partial charge in [-0.2, -0.15) is 0 Å². The standard InChI is InChI=1S/C12H10O/c13-12-7-11-9-4-2-1-3-8(9)5-6-10(11)12/h1-6,10-11H,7H2. The first-order chi connectivity index (χ1) is 6.36. The lowest BCUT2D eigenvalue weighted by Crippen LogP contribution is -2.35. The predicted octanol–water partition coefficient (Wildman–Crippen LogP) is 2.39. The molecule has 1 fully saturated rings. The molecular weight excluding hydrogens is 160 g/mol. The van der Waals surface area contributed by atoms with Crippen LogP contribution in [0.4, 0.5) is 0 Å². The summed E-state index contributed by atoms with van der Waals surface area (Å²) in [6, 6.07) is 8.36. The molecule has 2 unspecified atom stereocenters. The van der Waals surface area contributed by atoms with E-state index in [-0.39, 0.29) is 5.92 Å². The van der Waals surface area contributed by atoms with Crippen LogP contribution in [0.1, 0.15) is 23.5 Å². The maximum absolute atomic E-state index is 11.2. The molecule has 0 heterocycles. The summed E-state index contributed by atoms with van der Waals surface area (Å²) in [5, 5.41) is 0. The zero-order chi connectivity index (χ0) is 8.84. The van der Waals surface area contributed by atoms with Gasteiger partial charge < -0.3 is 0 Å². The van der Waals surface area contributed by atoms with E-state index in [4.69, 9.17) is 0 Å². The molecule has 1 saturated carbocycles. The van der Waals surface area contributed by atoms with Crippen LogP contribution in [0.15, 0.2) is 30.3 Å². The summed E-state index contributed by atoms with van der Waals surface area (Å²) in [5.41, 5.74) is 2.64. The molecule has 3 rings (SSSR count). The van der Waals surface area contributed by atoms with Crippen LogP contribution in [0.5, 0.6) is 0 Å². The Bertz CT molecular complexity index is 403. The highest BCUT2D eigenvalue weighted by Gasteiger charge is 2.40. The van der Waals surface area contributed by atoms with E-state index in [1.807, 2.05) is 6.07 Å². The molecule has 1 nitrogen and oxygen atoms in total. The number of benzene rings is 1. The van der Waals surface area contributed by atoms with Crippen molar-refractivity contribution in [3.63, 3.8) is 0 Å². The fourth-order valence-electron chi connectivity index (χ4n) is 2.30. The average molecular weight is 170 g/mol. The maximum atomic E-state index is 11.2. The molecule has 0 bridgehead atoms. The summed E-state index contributed by atoms with van der Waals surface area (Å²) in [6.45, 7) is 0. The lowest BCUT2D eigenvalue weighted by atomic mass is 9.65. The third kappa shape index (κ3) is 0.844. The number of hydrogen-bond acceptors (Lipinski definition) is 1. The minimum Gasteiger partial charge on any atom is -0.299 e. The van der Waals surface area contributed by atoms with Crippen molar-refractivity contribution in [1.82, 2.24) is 0 Å². The number of fused-ring (bicyclic) bond motifs is 3. The third-order valence-corrected chi connectivity index (χ3v) is 3.10. The first kappa shape index (κ1) is 7.07. The van der Waals surface area contributed by atoms with Crippen LogP contribution >= 0.6 is 0 Å². The largest absolute Gasteiger partial charge is 0.299 e. The van der Waals surface area contributed by atoms with E-state index >= 15 is 0 Å². The lowest BCUT2D eigenvalue weighted by molar-refractivity contribution is -0.128. The predicted molar refractivity (Wildman–Crippen MR) is 51.3 cm³/mol. The number of hydrogen-bond donors (Lipinski definition) is 0. The molecule has 0 aliphatic heterocycles. The fraction of sp³-hybridized carbons (Fsp3) is 0.250. The Hall–Kier alpha value is -1.37. The number of rotatable bonds is 0. The summed E-state index contributed by atoms with van der Waals surface area (Å²) < 4.78 is 0. The second-order valence-electron chi connectivity index (χ2n) is 3.79. The molecule has 13 heavy (non-hydrogen) atoms. The molecule has 1 aromatic carbocycles. The van der Waals surface area contributed by atoms with Crippen LogP contribution in [0.3, 0.4) is 0 Å². The van der Waals surface area contributed by atoms with Gasteiger partial charge in [0.1, 0.15) is 5.78 Å². The highest BCUT2D eigenvalue weighted by molar-refractivity contribution is 5.93. The third-order valence-electron chi connectivity index (χ3n) is 3.10. The highest BCUT2D eigenvalue weighted by Crippen LogP contribution is 2.45. The van der Waals surface area contributed by atoms with Gasteiger partial charge in [0.25, 0.3) is 0 Å². The van der Waals surface area contributed by atoms with E-state index in [1.54, 1.807) is 0 Å². The molecule has 1 heteroatoms. The molecule has 0 N–H and O–H groups in total. The molecule has 2 aliphatic carbocycles. The Morgan fingerprint density at radius 2 is 2.08 bits per heavy atom. The van der Waals surface area contributed by atoms with Gasteiger partial charge in [0.15, 0.2) is 0 Å². The van der Waals surface area contributed by atoms with Crippen molar-refractivity contribution in [3.05, 3.63) is 41.5 Å². The lowest BCUT2D eigenvalue weighted by Gasteiger charge is -2.36. The Morgan fingerprint density at radius 3 is 2.92 bits per heavy atom. The SMILES string of the molecule is O=C1CC2c3ccccc3C=CC12. The van der Waals surface area contributed by atoms with Gasteiger partial charge in [-0.1, -0.05) is 36.4 Å². The van der Waals surface area contributed by atoms with Crippen LogP contribution < -0.4 is 0 Å². The smallest absolute Gasteiger partial charge is 0.141 e. The van der Waals surface area contributed by atoms with Crippen molar-refractivity contribution in [2.75, 3.05) is 0 Å². The Labute approximate surface area is 77.1 Å². The van der Waals surface area contributed by atoms with Crippen molar-refractivity contribution in [3.8, 4) is 0 Å². The van der Waals surface area contributed by atoms with Crippen LogP contribution in [0.2, 0.25) is 0 Å². The van der Waals surface area contributed by atoms with E-state index in [9.17, 15) is 4.79 Å². The topological polar surface area (TPSA) is 17.1 Å². The zero-order valence-electron chi connectivity index (χ0n) is 7.23. The fourth-order valence-corrected chi connectivity index (χ4v) is 2.30. The van der Waals surface area contributed by atoms with Crippen LogP contribution in [0, 0.1) is 5.92 Å². The summed E-state index contributed by atoms with van der Waals surface area (Å²) >= 11 is 0. The minimum absolute atomic E-state index is 0.190. The summed E-state index contributed by atoms with van der Waals surface area (Å²) in [4.78, 5) is 11.2. The number of carbonyl (C=O) groups excluding carboxylic acids is 1. The maximum Gasteiger partial charge on any atom is 0.141 e. The quantitative estimate of drug-likeness (QED) is 0.584. The molecule has 64 valence electrons. The van der Waals surface area contributed by atoms with Gasteiger partial charge in [0.05, 0.1) is 0 Å². The Morgan fingerprint density at radius 1 is 1.23 bits per heavy atom. The van der Waals surface area contributed by atoms with Crippen LogP contribution in [-0.4, -0.2) is 5.78 Å². The molecule has 0 spiro atoms. The molecule has 1 aromatic rings. The number of allylic oxidation sites excluding steroid dienone is 1. The van der Waals surface area contributed by atoms with Crippen molar-refractivity contribution in [2.45, 2.75) is 12.3 Å². The summed E-state index contributed by atoms with van der Waals surface area (Å²) in [5.74, 6) is 1.07. The first-order valence-corrected chi connectivity index (χ1v) is 4.66. The molecule has 0 saturated heterocycles. The van der Waals surface area contributed by atoms with Gasteiger partial charge in [-0.05, 0) is 11.1 Å². The van der Waals surface area contributed by atoms with Crippen molar-refractivity contribution in [2.24, 2.45) is 5.92 Å². The summed E-state index contributed by atoms with van der Waals surface area (Å²) in [6.07, 6.45) is 4.87. The van der Waals surface area contributed by atoms with E-state index in [0.717, 1.165) is 6.42 Å². The monoisotopic (exact) mass is 170 g/mol. The van der Waals surface area contributed by atoms with Gasteiger partial charge in [0.2, 0.25) is 0 Å². The van der Waals surface area contributed by atoms with E-state index in [2.05, 4.69) is 30.4 Å². The molecule has 0 radical (unpaired) electrons. The van der Waals surface area contributed by atoms with Crippen molar-refractivity contribution >= 4 is 11.9 Å². The molecule has 2 aliphatic rings. The Balaban J connectivity index is 2.13. The minimum atomic E-state index is 0.190. The van der Waals surface area contributed by atoms with E-state index in [0.29, 0.717) is 11.7 Å². The second-order valence-corrected chi connectivity index (χ2v) is 3.79. The Kier molecular flexibility index (Phi) is 1.26. The second kappa shape index (κ2) is 2.32. The molecular formula is C12H10O. The van der Waals surface area contributed by atoms with E-state index < -0.39 is 0 Å². The van der Waals surface area contributed by atoms with Crippen LogP contribution in [-0.2, 0) is 4.79 Å². The van der Waals surface area contributed by atoms with Gasteiger partial charge in [-0.25, -0.2) is 0 Å². The van der Waals surface area contributed by atoms with Crippen molar-refractivity contribution < 1.29 is 4.79 Å². The number of ketones is 1. The highest BCUT2D eigenvalue weighted by atomic mass is 16.1. The number of carbonyl (C=O) groups is 1. The van der Waals surface area contributed by atoms with Gasteiger partial charge in [0, 0.05) is 18.3 Å². The molecule has 0 amide bonds. The zero-order valence-corrected chi connectivity index (χ0v) is 7.23. The van der Waals surface area contributed by atoms with Gasteiger partial charge in [-0.3, -0.25) is 4.79 Å². The average Bonchev–Trinajstić information content (AvgIpc) is 2.16. The summed E-state index contributed by atoms with van der Waals surface area (Å²) in [7, 11) is 0. The van der Waals surface area contributed by atoms with Gasteiger partial charge in [-0.15, -0.1) is 0 Å². The molecule has 2 atom stereocenters. The number of Topliss-reactive ketones (excluding diaryl/α,β-unsaturated/α-hetero) is 1. The molecule has 0 aromatic heterocycles. The van der Waals surface area contributed by atoms with Crippen molar-refractivity contribution in [1.29, 1.82) is 0 Å².